The van der Waals surface area contributed by atoms with Gasteiger partial charge in [-0.1, -0.05) is 34.1 Å². The van der Waals surface area contributed by atoms with Gasteiger partial charge in [0.05, 0.1) is 5.56 Å². The van der Waals surface area contributed by atoms with Gasteiger partial charge in [0.1, 0.15) is 12.4 Å². The number of nitrogens with one attached hydrogen (secondary N) is 2. The molecular weight excluding hydrogens is 392 g/mol. The molecular formula is C16H13BrF4N2O. The first kappa shape index (κ1) is 18.3. The molecule has 0 aromatic heterocycles. The van der Waals surface area contributed by atoms with Gasteiger partial charge >= 0.3 is 6.18 Å². The Hall–Kier alpha value is -2.09. The summed E-state index contributed by atoms with van der Waals surface area (Å²) < 4.78 is 51.0. The maximum atomic E-state index is 13.8. The number of rotatable bonds is 5. The van der Waals surface area contributed by atoms with Crippen molar-refractivity contribution in [2.75, 3.05) is 11.9 Å². The minimum absolute atomic E-state index is 0.0549. The first-order chi connectivity index (χ1) is 11.3. The lowest BCUT2D eigenvalue weighted by atomic mass is 10.1. The quantitative estimate of drug-likeness (QED) is 0.720. The van der Waals surface area contributed by atoms with Gasteiger partial charge in [-0.05, 0) is 24.3 Å². The summed E-state index contributed by atoms with van der Waals surface area (Å²) in [7, 11) is 0. The lowest BCUT2D eigenvalue weighted by molar-refractivity contribution is -0.123. The van der Waals surface area contributed by atoms with Crippen LogP contribution >= 0.6 is 15.9 Å². The van der Waals surface area contributed by atoms with Crippen molar-refractivity contribution in [1.82, 2.24) is 5.32 Å². The van der Waals surface area contributed by atoms with Crippen LogP contribution in [0.15, 0.2) is 46.9 Å². The molecule has 3 nitrogen and oxygen atoms in total. The average Bonchev–Trinajstić information content (AvgIpc) is 2.51. The van der Waals surface area contributed by atoms with E-state index in [-0.39, 0.29) is 12.1 Å². The predicted octanol–water partition coefficient (Wildman–Crippen LogP) is 4.49. The minimum atomic E-state index is -4.49. The molecule has 2 rings (SSSR count). The van der Waals surface area contributed by atoms with Crippen molar-refractivity contribution in [2.24, 2.45) is 0 Å². The summed E-state index contributed by atoms with van der Waals surface area (Å²) >= 11 is 3.15. The van der Waals surface area contributed by atoms with Gasteiger partial charge in [-0.15, -0.1) is 0 Å². The molecule has 0 saturated heterocycles. The Kier molecular flexibility index (Phi) is 5.82. The number of amides is 1. The second-order valence-electron chi connectivity index (χ2n) is 4.93. The number of benzene rings is 2. The van der Waals surface area contributed by atoms with E-state index in [1.807, 2.05) is 5.32 Å². The van der Waals surface area contributed by atoms with Crippen LogP contribution in [0.3, 0.4) is 0 Å². The van der Waals surface area contributed by atoms with E-state index in [1.54, 1.807) is 24.3 Å². The van der Waals surface area contributed by atoms with E-state index in [1.165, 1.54) is 18.2 Å². The molecule has 8 heteroatoms. The van der Waals surface area contributed by atoms with Crippen molar-refractivity contribution in [3.63, 3.8) is 0 Å². The molecule has 24 heavy (non-hydrogen) atoms. The van der Waals surface area contributed by atoms with Gasteiger partial charge < -0.3 is 10.6 Å². The maximum Gasteiger partial charge on any atom is 0.405 e. The molecule has 0 radical (unpaired) electrons. The van der Waals surface area contributed by atoms with Crippen LogP contribution in [0.1, 0.15) is 15.9 Å². The van der Waals surface area contributed by atoms with Crippen LogP contribution in [0.2, 0.25) is 0 Å². The fourth-order valence-corrected chi connectivity index (χ4v) is 2.30. The highest BCUT2D eigenvalue weighted by atomic mass is 79.9. The molecule has 0 saturated carbocycles. The molecule has 0 aliphatic carbocycles. The van der Waals surface area contributed by atoms with Crippen molar-refractivity contribution in [2.45, 2.75) is 12.7 Å². The monoisotopic (exact) mass is 404 g/mol. The summed E-state index contributed by atoms with van der Waals surface area (Å²) in [5.74, 6) is -1.29. The van der Waals surface area contributed by atoms with Crippen molar-refractivity contribution in [1.29, 1.82) is 0 Å². The Labute approximate surface area is 144 Å². The van der Waals surface area contributed by atoms with Crippen LogP contribution in [0, 0.1) is 5.82 Å². The number of carbonyl (C=O) groups excluding carboxylic acids is 1. The summed E-state index contributed by atoms with van der Waals surface area (Å²) in [6.45, 7) is -1.33. The number of carbonyl (C=O) groups is 1. The molecule has 0 unspecified atom stereocenters. The third kappa shape index (κ3) is 5.23. The SMILES string of the molecule is O=C(NCC(F)(F)F)c1ccccc1NCc1ccc(Br)cc1F. The zero-order valence-electron chi connectivity index (χ0n) is 12.3. The van der Waals surface area contributed by atoms with Gasteiger partial charge in [0.2, 0.25) is 0 Å². The van der Waals surface area contributed by atoms with Crippen LogP contribution in [0.25, 0.3) is 0 Å². The molecule has 0 atom stereocenters. The van der Waals surface area contributed by atoms with Gasteiger partial charge in [0.15, 0.2) is 0 Å². The van der Waals surface area contributed by atoms with E-state index < -0.39 is 24.4 Å². The van der Waals surface area contributed by atoms with E-state index in [4.69, 9.17) is 0 Å². The fourth-order valence-electron chi connectivity index (χ4n) is 1.97. The molecule has 0 bridgehead atoms. The summed E-state index contributed by atoms with van der Waals surface area (Å²) in [4.78, 5) is 11.9. The summed E-state index contributed by atoms with van der Waals surface area (Å²) in [5.41, 5.74) is 0.738. The second-order valence-corrected chi connectivity index (χ2v) is 5.85. The maximum absolute atomic E-state index is 13.8. The van der Waals surface area contributed by atoms with Gasteiger partial charge in [-0.2, -0.15) is 13.2 Å². The Bertz CT molecular complexity index is 734. The lowest BCUT2D eigenvalue weighted by Gasteiger charge is -2.13. The van der Waals surface area contributed by atoms with Gasteiger partial charge in [0, 0.05) is 22.3 Å². The van der Waals surface area contributed by atoms with Gasteiger partial charge in [-0.3, -0.25) is 4.79 Å². The number of hydrogen-bond acceptors (Lipinski definition) is 2. The topological polar surface area (TPSA) is 41.1 Å². The minimum Gasteiger partial charge on any atom is -0.380 e. The molecule has 1 amide bonds. The van der Waals surface area contributed by atoms with E-state index in [2.05, 4.69) is 21.2 Å². The van der Waals surface area contributed by atoms with Crippen molar-refractivity contribution in [3.05, 3.63) is 63.9 Å². The highest BCUT2D eigenvalue weighted by molar-refractivity contribution is 9.10. The Morgan fingerprint density at radius 3 is 2.50 bits per heavy atom. The zero-order valence-corrected chi connectivity index (χ0v) is 13.8. The van der Waals surface area contributed by atoms with Crippen LogP contribution in [0.5, 0.6) is 0 Å². The number of anilines is 1. The third-order valence-electron chi connectivity index (χ3n) is 3.11. The van der Waals surface area contributed by atoms with Gasteiger partial charge in [-0.25, -0.2) is 4.39 Å². The summed E-state index contributed by atoms with van der Waals surface area (Å²) in [6, 6.07) is 10.6. The molecule has 0 fully saturated rings. The standard InChI is InChI=1S/C16H13BrF4N2O/c17-11-6-5-10(13(18)7-11)8-22-14-4-2-1-3-12(14)15(24)23-9-16(19,20)21/h1-7,22H,8-9H2,(H,23,24). The molecule has 0 aliphatic rings. The normalized spacial score (nSPS) is 11.2. The molecule has 0 heterocycles. The van der Waals surface area contributed by atoms with Crippen molar-refractivity contribution in [3.8, 4) is 0 Å². The lowest BCUT2D eigenvalue weighted by Crippen LogP contribution is -2.34. The molecule has 128 valence electrons. The molecule has 2 N–H and O–H groups in total. The first-order valence-electron chi connectivity index (χ1n) is 6.88. The van der Waals surface area contributed by atoms with Crippen LogP contribution < -0.4 is 10.6 Å². The van der Waals surface area contributed by atoms with Crippen LogP contribution in [0.4, 0.5) is 23.2 Å². The first-order valence-corrected chi connectivity index (χ1v) is 7.67. The van der Waals surface area contributed by atoms with Crippen molar-refractivity contribution >= 4 is 27.5 Å². The molecule has 2 aromatic rings. The second kappa shape index (κ2) is 7.65. The van der Waals surface area contributed by atoms with Gasteiger partial charge in [0.25, 0.3) is 5.91 Å². The van der Waals surface area contributed by atoms with E-state index in [0.717, 1.165) is 0 Å². The zero-order chi connectivity index (χ0) is 17.7. The number of alkyl halides is 3. The smallest absolute Gasteiger partial charge is 0.380 e. The van der Waals surface area contributed by atoms with Crippen LogP contribution in [-0.4, -0.2) is 18.6 Å². The number of hydrogen-bond donors (Lipinski definition) is 2. The highest BCUT2D eigenvalue weighted by Gasteiger charge is 2.28. The number of para-hydroxylation sites is 1. The third-order valence-corrected chi connectivity index (χ3v) is 3.60. The average molecular weight is 405 g/mol. The van der Waals surface area contributed by atoms with Crippen molar-refractivity contribution < 1.29 is 22.4 Å². The number of halogens is 5. The summed E-state index contributed by atoms with van der Waals surface area (Å²) in [5, 5.41) is 4.68. The van der Waals surface area contributed by atoms with E-state index >= 15 is 0 Å². The fraction of sp³-hybridized carbons (Fsp3) is 0.188. The molecule has 0 aliphatic heterocycles. The predicted molar refractivity (Wildman–Crippen MR) is 86.3 cm³/mol. The summed E-state index contributed by atoms with van der Waals surface area (Å²) in [6.07, 6.45) is -4.49. The Balaban J connectivity index is 2.09. The molecule has 0 spiro atoms. The molecule has 2 aromatic carbocycles. The van der Waals surface area contributed by atoms with Crippen LogP contribution in [-0.2, 0) is 6.54 Å². The Morgan fingerprint density at radius 2 is 1.83 bits per heavy atom. The van der Waals surface area contributed by atoms with E-state index in [9.17, 15) is 22.4 Å². The Morgan fingerprint density at radius 1 is 1.12 bits per heavy atom. The largest absolute Gasteiger partial charge is 0.405 e. The van der Waals surface area contributed by atoms with E-state index in [0.29, 0.717) is 15.7 Å². The highest BCUT2D eigenvalue weighted by Crippen LogP contribution is 2.20.